The maximum atomic E-state index is 8.88. The van der Waals surface area contributed by atoms with Gasteiger partial charge in [0.25, 0.3) is 0 Å². The molecule has 0 heterocycles. The van der Waals surface area contributed by atoms with E-state index in [0.29, 0.717) is 0 Å². The van der Waals surface area contributed by atoms with E-state index < -0.39 is 7.82 Å². The fraction of sp³-hybridized carbons (Fsp3) is 0. The van der Waals surface area contributed by atoms with E-state index in [9.17, 15) is 0 Å². The molecule has 0 fully saturated rings. The van der Waals surface area contributed by atoms with Crippen molar-refractivity contribution in [1.82, 2.24) is 0 Å². The van der Waals surface area contributed by atoms with Gasteiger partial charge < -0.3 is 20.2 Å². The summed E-state index contributed by atoms with van der Waals surface area (Å²) < 4.78 is 8.88. The van der Waals surface area contributed by atoms with Gasteiger partial charge in [-0.25, -0.2) is 4.57 Å². The zero-order valence-electron chi connectivity index (χ0n) is 3.31. The molecule has 7 heavy (non-hydrogen) atoms. The molecule has 0 aliphatic rings. The van der Waals surface area contributed by atoms with Crippen LogP contribution in [0.4, 0.5) is 0 Å². The Labute approximate surface area is 56.1 Å². The molecule has 0 aromatic heterocycles. The van der Waals surface area contributed by atoms with Crippen molar-refractivity contribution < 1.29 is 24.7 Å². The van der Waals surface area contributed by atoms with E-state index in [1.54, 1.807) is 0 Å². The molecule has 0 atom stereocenters. The molecule has 0 aliphatic carbocycles. The van der Waals surface area contributed by atoms with Crippen LogP contribution in [0.5, 0.6) is 0 Å². The summed E-state index contributed by atoms with van der Waals surface area (Å²) in [5, 5.41) is 0. The van der Waals surface area contributed by atoms with Gasteiger partial charge in [0, 0.05) is 0 Å². The topological polar surface area (TPSA) is 106 Å². The fourth-order valence-electron chi connectivity index (χ4n) is 0. The zero-order chi connectivity index (χ0) is 4.50. The Bertz CT molecular complexity index is 54.2. The van der Waals surface area contributed by atoms with Gasteiger partial charge in [-0.1, -0.05) is 0 Å². The van der Waals surface area contributed by atoms with Crippen LogP contribution in [0.15, 0.2) is 0 Å². The first kappa shape index (κ1) is 15.7. The van der Waals surface area contributed by atoms with E-state index in [1.807, 2.05) is 0 Å². The average molecular weight is 138 g/mol. The van der Waals surface area contributed by atoms with E-state index in [4.69, 9.17) is 19.2 Å². The van der Waals surface area contributed by atoms with Gasteiger partial charge in [0.2, 0.25) is 0 Å². The Morgan fingerprint density at radius 1 is 1.14 bits per heavy atom. The SMILES string of the molecule is O=P(O)(O)O.[Mg+2].[O-2]. The van der Waals surface area contributed by atoms with Crippen molar-refractivity contribution in [2.75, 3.05) is 0 Å². The Morgan fingerprint density at radius 2 is 1.14 bits per heavy atom. The number of hydrogen-bond acceptors (Lipinski definition) is 1. The number of phosphoric acid groups is 1. The van der Waals surface area contributed by atoms with Gasteiger partial charge in [-0.2, -0.15) is 0 Å². The van der Waals surface area contributed by atoms with Crippen LogP contribution < -0.4 is 0 Å². The third kappa shape index (κ3) is 229. The number of rotatable bonds is 0. The first-order valence-corrected chi connectivity index (χ1v) is 2.35. The predicted octanol–water partition coefficient (Wildman–Crippen LogP) is -1.43. The minimum atomic E-state index is -4.64. The molecule has 0 aromatic carbocycles. The standard InChI is InChI=1S/Mg.H3O4P.O/c;1-5(2,3)4;/h;(H3,1,2,3,4);/q+2;;-2. The van der Waals surface area contributed by atoms with Crippen molar-refractivity contribution in [3.05, 3.63) is 0 Å². The third-order valence-electron chi connectivity index (χ3n) is 0. The summed E-state index contributed by atoms with van der Waals surface area (Å²) >= 11 is 0. The van der Waals surface area contributed by atoms with Crippen LogP contribution in [0.2, 0.25) is 0 Å². The van der Waals surface area contributed by atoms with Crippen LogP contribution in [-0.4, -0.2) is 37.7 Å². The Hall–Kier alpha value is 0.836. The first-order chi connectivity index (χ1) is 2.00. The third-order valence-corrected chi connectivity index (χ3v) is 0. The van der Waals surface area contributed by atoms with E-state index >= 15 is 0 Å². The average Bonchev–Trinajstić information content (AvgIpc) is 0.722. The minimum Gasteiger partial charge on any atom is -2.00 e. The van der Waals surface area contributed by atoms with Crippen molar-refractivity contribution in [3.63, 3.8) is 0 Å². The van der Waals surface area contributed by atoms with Crippen molar-refractivity contribution >= 4 is 30.9 Å². The molecule has 40 valence electrons. The predicted molar refractivity (Wildman–Crippen MR) is 20.7 cm³/mol. The summed E-state index contributed by atoms with van der Waals surface area (Å²) in [6, 6.07) is 0. The van der Waals surface area contributed by atoms with E-state index in [-0.39, 0.29) is 28.5 Å². The molecule has 3 N–H and O–H groups in total. The van der Waals surface area contributed by atoms with Crippen molar-refractivity contribution in [3.8, 4) is 0 Å². The van der Waals surface area contributed by atoms with Gasteiger partial charge in [-0.15, -0.1) is 0 Å². The van der Waals surface area contributed by atoms with E-state index in [1.165, 1.54) is 0 Å². The van der Waals surface area contributed by atoms with Crippen molar-refractivity contribution in [1.29, 1.82) is 0 Å². The van der Waals surface area contributed by atoms with Crippen LogP contribution in [-0.2, 0) is 10.0 Å². The van der Waals surface area contributed by atoms with Gasteiger partial charge in [0.1, 0.15) is 0 Å². The molecule has 7 heteroatoms. The monoisotopic (exact) mass is 138 g/mol. The summed E-state index contributed by atoms with van der Waals surface area (Å²) in [5.41, 5.74) is 0. The van der Waals surface area contributed by atoms with Gasteiger partial charge in [0.15, 0.2) is 0 Å². The molecule has 0 amide bonds. The Kier molecular flexibility index (Phi) is 11.1. The summed E-state index contributed by atoms with van der Waals surface area (Å²) in [5.74, 6) is 0. The first-order valence-electron chi connectivity index (χ1n) is 0.783. The van der Waals surface area contributed by atoms with E-state index in [2.05, 4.69) is 0 Å². The van der Waals surface area contributed by atoms with Crippen LogP contribution in [0.1, 0.15) is 0 Å². The summed E-state index contributed by atoms with van der Waals surface area (Å²) in [6.45, 7) is 0. The van der Waals surface area contributed by atoms with E-state index in [0.717, 1.165) is 0 Å². The summed E-state index contributed by atoms with van der Waals surface area (Å²) in [7, 11) is -4.64. The second kappa shape index (κ2) is 4.98. The second-order valence-electron chi connectivity index (χ2n) is 0.513. The van der Waals surface area contributed by atoms with Crippen LogP contribution in [0, 0.1) is 0 Å². The molecule has 5 nitrogen and oxygen atoms in total. The molecule has 0 unspecified atom stereocenters. The molecular formula is H3MgO5P. The van der Waals surface area contributed by atoms with Crippen LogP contribution >= 0.6 is 7.82 Å². The second-order valence-corrected chi connectivity index (χ2v) is 1.54. The van der Waals surface area contributed by atoms with Gasteiger partial charge >= 0.3 is 30.9 Å². The Balaban J connectivity index is -0.0000000800. The van der Waals surface area contributed by atoms with Crippen molar-refractivity contribution in [2.24, 2.45) is 0 Å². The zero-order valence-corrected chi connectivity index (χ0v) is 5.62. The largest absolute Gasteiger partial charge is 2.00 e. The molecular weight excluding hydrogens is 135 g/mol. The molecule has 0 aliphatic heterocycles. The summed E-state index contributed by atoms with van der Waals surface area (Å²) in [4.78, 5) is 21.6. The van der Waals surface area contributed by atoms with Gasteiger partial charge in [-0.3, -0.25) is 0 Å². The maximum absolute atomic E-state index is 8.88. The van der Waals surface area contributed by atoms with Gasteiger partial charge in [-0.05, 0) is 0 Å². The summed E-state index contributed by atoms with van der Waals surface area (Å²) in [6.07, 6.45) is 0. The van der Waals surface area contributed by atoms with Gasteiger partial charge in [0.05, 0.1) is 0 Å². The van der Waals surface area contributed by atoms with Crippen molar-refractivity contribution in [2.45, 2.75) is 0 Å². The normalized spacial score (nSPS) is 8.43. The van der Waals surface area contributed by atoms with Crippen LogP contribution in [0.25, 0.3) is 0 Å². The Morgan fingerprint density at radius 3 is 1.14 bits per heavy atom. The number of hydrogen-bond donors (Lipinski definition) is 3. The molecule has 0 rings (SSSR count). The quantitative estimate of drug-likeness (QED) is 0.282. The van der Waals surface area contributed by atoms with Crippen LogP contribution in [0.3, 0.4) is 0 Å². The molecule has 0 spiro atoms. The molecule has 0 saturated heterocycles. The minimum absolute atomic E-state index is 0. The molecule has 0 saturated carbocycles. The molecule has 0 radical (unpaired) electrons. The molecule has 0 aromatic rings. The molecule has 0 bridgehead atoms. The smallest absolute Gasteiger partial charge is 2.00 e. The fourth-order valence-corrected chi connectivity index (χ4v) is 0. The maximum Gasteiger partial charge on any atom is 2.00 e.